The summed E-state index contributed by atoms with van der Waals surface area (Å²) < 4.78 is 159. The fraction of sp³-hybridized carbons (Fsp3) is 0.381. The zero-order valence-electron chi connectivity index (χ0n) is 36.6. The summed E-state index contributed by atoms with van der Waals surface area (Å²) in [6.45, 7) is 2.05. The van der Waals surface area contributed by atoms with E-state index in [0.29, 0.717) is 43.2 Å². The molecule has 0 spiro atoms. The Kier molecular flexibility index (Phi) is 26.7. The van der Waals surface area contributed by atoms with Crippen molar-refractivity contribution in [1.29, 1.82) is 0 Å². The van der Waals surface area contributed by atoms with Crippen LogP contribution < -0.4 is 21.3 Å². The highest BCUT2D eigenvalue weighted by atomic mass is 127. The van der Waals surface area contributed by atoms with E-state index in [2.05, 4.69) is 10.6 Å². The normalized spacial score (nSPS) is 15.9. The monoisotopic (exact) mass is 1170 g/mol. The number of cyclic esters (lactones) is 2. The molecule has 0 aliphatic carbocycles. The molecule has 0 aromatic heterocycles. The molecule has 5 N–H and O–H groups in total. The summed E-state index contributed by atoms with van der Waals surface area (Å²) in [5, 5.41) is 15.8. The standard InChI is InChI=1S/C18H18F6N2O.C12H13F3N2O2.C7H4F3I.C5H10N2O2.3H2S/c1-26(15-8-4-13(5-9-15)18(22,23)24)11-16(27)10-25-14-6-2-12(3-7-14)17(19,20)21;1-17-7-10(19-11(17)18)6-16-9-4-2-8(3-5-9)12(13,14)15;8-7(9,10)5-1-3-6(11)4-2-5;1-7-3-4(2-6)9-5(7)8;;;/h2-9,16,25,27H,10-11H2,1H3;2-5,10,16H,6-7H2,1H3;1-4H;4H,2-3,6H2,1H3;3*1H2/t16-;10-;;4-;;;/m00.0.../s1. The van der Waals surface area contributed by atoms with Crippen LogP contribution in [0.1, 0.15) is 22.3 Å². The average molecular weight is 1170 g/mol. The second-order valence-corrected chi connectivity index (χ2v) is 15.7. The molecule has 0 radical (unpaired) electrons. The first kappa shape index (κ1) is 64.7. The highest BCUT2D eigenvalue weighted by Gasteiger charge is 2.33. The lowest BCUT2D eigenvalue weighted by Crippen LogP contribution is -2.33. The minimum atomic E-state index is -4.41. The van der Waals surface area contributed by atoms with Crippen LogP contribution in [0, 0.1) is 3.57 Å². The van der Waals surface area contributed by atoms with Gasteiger partial charge in [-0.25, -0.2) is 9.59 Å². The lowest BCUT2D eigenvalue weighted by Gasteiger charge is -2.23. The van der Waals surface area contributed by atoms with Gasteiger partial charge < -0.3 is 45.6 Å². The number of likely N-dealkylation sites (N-methyl/N-ethyl adjacent to an activating group) is 3. The molecule has 4 aromatic rings. The summed E-state index contributed by atoms with van der Waals surface area (Å²) in [6, 6.07) is 18.6. The van der Waals surface area contributed by atoms with E-state index in [-0.39, 0.29) is 78.0 Å². The van der Waals surface area contributed by atoms with Gasteiger partial charge in [0.1, 0.15) is 12.2 Å². The lowest BCUT2D eigenvalue weighted by atomic mass is 10.2. The first-order chi connectivity index (χ1) is 30.6. The number of alkyl halides is 12. The molecule has 0 bridgehead atoms. The van der Waals surface area contributed by atoms with Crippen molar-refractivity contribution >= 4 is 92.3 Å². The smallest absolute Gasteiger partial charge is 0.416 e. The Morgan fingerprint density at radius 2 is 0.957 bits per heavy atom. The second kappa shape index (κ2) is 28.5. The number of nitrogens with zero attached hydrogens (tertiary/aromatic N) is 3. The Bertz CT molecular complexity index is 2130. The predicted molar refractivity (Wildman–Crippen MR) is 261 cm³/mol. The van der Waals surface area contributed by atoms with E-state index in [1.807, 2.05) is 22.6 Å². The van der Waals surface area contributed by atoms with Crippen LogP contribution in [-0.2, 0) is 34.2 Å². The van der Waals surface area contributed by atoms with Gasteiger partial charge in [-0.1, -0.05) is 0 Å². The minimum Gasteiger partial charge on any atom is -0.443 e. The third kappa shape index (κ3) is 22.5. The summed E-state index contributed by atoms with van der Waals surface area (Å²) in [6.07, 6.45) is -19.3. The maximum Gasteiger partial charge on any atom is 0.416 e. The summed E-state index contributed by atoms with van der Waals surface area (Å²) in [5.74, 6) is 0. The van der Waals surface area contributed by atoms with Crippen LogP contribution in [0.25, 0.3) is 0 Å². The zero-order chi connectivity index (χ0) is 49.6. The number of anilines is 3. The first-order valence-electron chi connectivity index (χ1n) is 19.3. The van der Waals surface area contributed by atoms with Gasteiger partial charge in [0.25, 0.3) is 0 Å². The van der Waals surface area contributed by atoms with Crippen LogP contribution in [-0.4, -0.2) is 106 Å². The third-order valence-electron chi connectivity index (χ3n) is 9.17. The molecular weight excluding hydrogens is 1120 g/mol. The summed E-state index contributed by atoms with van der Waals surface area (Å²) in [5.41, 5.74) is 3.90. The molecule has 2 saturated heterocycles. The molecule has 2 amide bonds. The van der Waals surface area contributed by atoms with Gasteiger partial charge in [0.15, 0.2) is 0 Å². The summed E-state index contributed by atoms with van der Waals surface area (Å²) in [4.78, 5) is 26.2. The Morgan fingerprint density at radius 3 is 1.28 bits per heavy atom. The van der Waals surface area contributed by atoms with Crippen molar-refractivity contribution in [2.75, 3.05) is 75.9 Å². The summed E-state index contributed by atoms with van der Waals surface area (Å²) >= 11 is 1.96. The number of amides is 2. The van der Waals surface area contributed by atoms with Crippen LogP contribution >= 0.6 is 63.1 Å². The minimum absolute atomic E-state index is 0. The zero-order valence-corrected chi connectivity index (χ0v) is 41.8. The van der Waals surface area contributed by atoms with Crippen LogP contribution in [0.3, 0.4) is 0 Å². The largest absolute Gasteiger partial charge is 0.443 e. The van der Waals surface area contributed by atoms with E-state index in [1.165, 1.54) is 58.3 Å². The number of hydrogen-bond donors (Lipinski definition) is 4. The molecule has 0 saturated carbocycles. The predicted octanol–water partition coefficient (Wildman–Crippen LogP) is 10.2. The molecule has 388 valence electrons. The number of carbonyl (C=O) groups is 2. The van der Waals surface area contributed by atoms with E-state index in [4.69, 9.17) is 15.2 Å². The maximum absolute atomic E-state index is 12.6. The van der Waals surface area contributed by atoms with Crippen molar-refractivity contribution in [3.63, 3.8) is 0 Å². The molecule has 2 aliphatic heterocycles. The number of ether oxygens (including phenoxy) is 2. The van der Waals surface area contributed by atoms with Gasteiger partial charge in [-0.3, -0.25) is 0 Å². The van der Waals surface area contributed by atoms with E-state index in [1.54, 1.807) is 26.0 Å². The molecule has 27 heteroatoms. The Labute approximate surface area is 424 Å². The van der Waals surface area contributed by atoms with Gasteiger partial charge in [-0.15, -0.1) is 0 Å². The number of aliphatic hydroxyl groups is 1. The van der Waals surface area contributed by atoms with E-state index in [9.17, 15) is 67.4 Å². The van der Waals surface area contributed by atoms with Crippen molar-refractivity contribution in [2.45, 2.75) is 43.0 Å². The molecule has 2 fully saturated rings. The number of halogens is 13. The molecule has 3 atom stereocenters. The van der Waals surface area contributed by atoms with Crippen molar-refractivity contribution < 1.29 is 76.9 Å². The number of nitrogens with one attached hydrogen (secondary N) is 2. The second-order valence-electron chi connectivity index (χ2n) is 14.5. The Morgan fingerprint density at radius 1 is 0.623 bits per heavy atom. The van der Waals surface area contributed by atoms with Crippen molar-refractivity contribution in [3.8, 4) is 0 Å². The Balaban J connectivity index is 0.000000956. The molecule has 4 aromatic carbocycles. The van der Waals surface area contributed by atoms with Crippen molar-refractivity contribution in [1.82, 2.24) is 9.80 Å². The van der Waals surface area contributed by atoms with Gasteiger partial charge in [0.05, 0.1) is 48.0 Å². The molecule has 2 heterocycles. The summed E-state index contributed by atoms with van der Waals surface area (Å²) in [7, 11) is 4.93. The van der Waals surface area contributed by atoms with Gasteiger partial charge >= 0.3 is 36.9 Å². The number of carbonyl (C=O) groups excluding carboxylic acids is 2. The average Bonchev–Trinajstić information content (AvgIpc) is 3.75. The molecule has 6 rings (SSSR count). The van der Waals surface area contributed by atoms with Crippen LogP contribution in [0.5, 0.6) is 0 Å². The molecule has 11 nitrogen and oxygen atoms in total. The number of aliphatic hydroxyl groups excluding tert-OH is 1. The number of hydrogen-bond acceptors (Lipinski definition) is 9. The van der Waals surface area contributed by atoms with Crippen LogP contribution in [0.4, 0.5) is 79.3 Å². The van der Waals surface area contributed by atoms with Gasteiger partial charge in [-0.05, 0) is 120 Å². The van der Waals surface area contributed by atoms with Gasteiger partial charge in [0, 0.05) is 61.4 Å². The van der Waals surface area contributed by atoms with E-state index in [0.717, 1.165) is 52.1 Å². The van der Waals surface area contributed by atoms with Crippen molar-refractivity contribution in [3.05, 3.63) is 123 Å². The first-order valence-corrected chi connectivity index (χ1v) is 20.4. The number of nitrogens with two attached hydrogens (primary N) is 1. The molecule has 0 unspecified atom stereocenters. The fourth-order valence-corrected chi connectivity index (χ4v) is 5.94. The molecular formula is C42H51F12IN6O5S3. The van der Waals surface area contributed by atoms with Gasteiger partial charge in [0.2, 0.25) is 0 Å². The quantitative estimate of drug-likeness (QED) is 0.0905. The highest BCUT2D eigenvalue weighted by Crippen LogP contribution is 2.33. The van der Waals surface area contributed by atoms with Crippen molar-refractivity contribution in [2.24, 2.45) is 5.73 Å². The number of benzene rings is 4. The van der Waals surface area contributed by atoms with Gasteiger partial charge in [-0.2, -0.15) is 93.2 Å². The van der Waals surface area contributed by atoms with E-state index >= 15 is 0 Å². The third-order valence-corrected chi connectivity index (χ3v) is 9.89. The molecule has 2 aliphatic rings. The number of rotatable bonds is 10. The Hall–Kier alpha value is -4.32. The SMILES string of the molecule is CN(C[C@@H](O)CNc1ccc(C(F)(F)F)cc1)c1ccc(C(F)(F)F)cc1.CN1C[C@H](CN)OC1=O.CN1C[C@H](CNc2ccc(C(F)(F)F)cc2)OC1=O.FC(F)(F)c1ccc(I)cc1.S.S.S. The fourth-order valence-electron chi connectivity index (χ4n) is 5.58. The van der Waals surface area contributed by atoms with E-state index < -0.39 is 53.1 Å². The highest BCUT2D eigenvalue weighted by molar-refractivity contribution is 14.1. The lowest BCUT2D eigenvalue weighted by molar-refractivity contribution is -0.138. The maximum atomic E-state index is 12.6. The van der Waals surface area contributed by atoms with Crippen LogP contribution in [0.2, 0.25) is 0 Å². The molecule has 69 heavy (non-hydrogen) atoms. The van der Waals surface area contributed by atoms with Crippen LogP contribution in [0.15, 0.2) is 97.1 Å². The topological polar surface area (TPSA) is 133 Å².